The summed E-state index contributed by atoms with van der Waals surface area (Å²) in [6, 6.07) is 4.44. The van der Waals surface area contributed by atoms with E-state index in [0.29, 0.717) is 6.07 Å². The van der Waals surface area contributed by atoms with E-state index in [1.165, 1.54) is 19.2 Å². The molecule has 2 fully saturated rings. The Morgan fingerprint density at radius 3 is 1.75 bits per heavy atom. The SMILES string of the molecule is COc1ccc(-c2oc3c([C@@H]4O[C@@H](CO)[C@@H](O)[C@H](O)[C@H]4O)c(O)cc(O)c3c(=O)c2[C@@H]2O[C@H](CO)[C@@H](O)[C@H](O)[C@H]2O)cc1O. The fourth-order valence-corrected chi connectivity index (χ4v) is 5.63. The van der Waals surface area contributed by atoms with Crippen LogP contribution in [0.15, 0.2) is 33.5 Å². The minimum absolute atomic E-state index is 0.0172. The summed E-state index contributed by atoms with van der Waals surface area (Å²) in [6.07, 6.45) is -17.7. The molecule has 3 aromatic rings. The Labute approximate surface area is 247 Å². The maximum atomic E-state index is 14.2. The summed E-state index contributed by atoms with van der Waals surface area (Å²) in [5, 5.41) is 114. The summed E-state index contributed by atoms with van der Waals surface area (Å²) >= 11 is 0. The lowest BCUT2D eigenvalue weighted by atomic mass is 9.87. The number of hydrogen-bond acceptors (Lipinski definition) is 16. The Morgan fingerprint density at radius 1 is 0.705 bits per heavy atom. The van der Waals surface area contributed by atoms with Gasteiger partial charge >= 0.3 is 0 Å². The fourth-order valence-electron chi connectivity index (χ4n) is 5.63. The number of ether oxygens (including phenoxy) is 3. The maximum absolute atomic E-state index is 14.2. The van der Waals surface area contributed by atoms with Gasteiger partial charge in [-0.2, -0.15) is 0 Å². The van der Waals surface area contributed by atoms with Gasteiger partial charge in [-0.3, -0.25) is 4.79 Å². The van der Waals surface area contributed by atoms with Crippen LogP contribution in [0.1, 0.15) is 23.3 Å². The number of phenols is 3. The van der Waals surface area contributed by atoms with Gasteiger partial charge in [-0.25, -0.2) is 0 Å². The van der Waals surface area contributed by atoms with Crippen LogP contribution in [0.4, 0.5) is 0 Å². The molecule has 1 aromatic heterocycles. The van der Waals surface area contributed by atoms with Gasteiger partial charge < -0.3 is 74.8 Å². The summed E-state index contributed by atoms with van der Waals surface area (Å²) in [5.74, 6) is -2.51. The summed E-state index contributed by atoms with van der Waals surface area (Å²) in [7, 11) is 1.28. The van der Waals surface area contributed by atoms with Crippen molar-refractivity contribution in [2.75, 3.05) is 20.3 Å². The van der Waals surface area contributed by atoms with Crippen molar-refractivity contribution in [2.45, 2.75) is 61.0 Å². The average molecular weight is 625 g/mol. The molecule has 5 rings (SSSR count). The van der Waals surface area contributed by atoms with Crippen molar-refractivity contribution >= 4 is 11.0 Å². The lowest BCUT2D eigenvalue weighted by Crippen LogP contribution is -2.56. The van der Waals surface area contributed by atoms with Gasteiger partial charge in [0.15, 0.2) is 17.1 Å². The second-order valence-corrected chi connectivity index (χ2v) is 10.6. The zero-order valence-corrected chi connectivity index (χ0v) is 23.0. The number of aliphatic hydroxyl groups excluding tert-OH is 8. The summed E-state index contributed by atoms with van der Waals surface area (Å²) < 4.78 is 22.3. The molecule has 0 spiro atoms. The van der Waals surface area contributed by atoms with Gasteiger partial charge in [0.2, 0.25) is 5.43 Å². The minimum Gasteiger partial charge on any atom is -0.507 e. The van der Waals surface area contributed by atoms with E-state index in [-0.39, 0.29) is 11.3 Å². The van der Waals surface area contributed by atoms with Gasteiger partial charge in [-0.05, 0) is 18.2 Å². The van der Waals surface area contributed by atoms with Crippen LogP contribution in [-0.4, -0.2) is 125 Å². The van der Waals surface area contributed by atoms with Crippen LogP contribution in [0.3, 0.4) is 0 Å². The number of phenolic OH excluding ortho intramolecular Hbond substituents is 3. The van der Waals surface area contributed by atoms with Crippen molar-refractivity contribution in [1.82, 2.24) is 0 Å². The minimum atomic E-state index is -1.98. The normalized spacial score (nSPS) is 32.6. The largest absolute Gasteiger partial charge is 0.507 e. The number of methoxy groups -OCH3 is 1. The third-order valence-electron chi connectivity index (χ3n) is 7.99. The Kier molecular flexibility index (Phi) is 8.76. The summed E-state index contributed by atoms with van der Waals surface area (Å²) in [6.45, 7) is -1.65. The molecular formula is C28H32O16. The molecule has 16 nitrogen and oxygen atoms in total. The second kappa shape index (κ2) is 12.1. The Morgan fingerprint density at radius 2 is 1.25 bits per heavy atom. The van der Waals surface area contributed by atoms with Gasteiger partial charge in [0.1, 0.15) is 83.7 Å². The molecule has 2 aromatic carbocycles. The van der Waals surface area contributed by atoms with Crippen LogP contribution in [0.5, 0.6) is 23.0 Å². The third kappa shape index (κ3) is 5.04. The Balaban J connectivity index is 1.84. The predicted octanol–water partition coefficient (Wildman–Crippen LogP) is -2.38. The molecule has 0 amide bonds. The molecule has 2 aliphatic rings. The first kappa shape index (κ1) is 31.9. The highest BCUT2D eigenvalue weighted by Crippen LogP contribution is 2.46. The molecule has 0 bridgehead atoms. The van der Waals surface area contributed by atoms with E-state index in [4.69, 9.17) is 18.6 Å². The molecule has 0 radical (unpaired) electrons. The Hall–Kier alpha value is -3.55. The molecule has 2 saturated heterocycles. The zero-order valence-electron chi connectivity index (χ0n) is 23.0. The van der Waals surface area contributed by atoms with E-state index in [0.717, 1.165) is 6.07 Å². The summed E-state index contributed by atoms with van der Waals surface area (Å²) in [4.78, 5) is 14.2. The molecule has 0 aliphatic carbocycles. The number of benzene rings is 2. The molecule has 16 heteroatoms. The van der Waals surface area contributed by atoms with Crippen molar-refractivity contribution in [3.63, 3.8) is 0 Å². The van der Waals surface area contributed by atoms with Crippen LogP contribution in [-0.2, 0) is 9.47 Å². The highest BCUT2D eigenvalue weighted by molar-refractivity contribution is 5.91. The number of rotatable bonds is 6. The molecule has 0 saturated carbocycles. The van der Waals surface area contributed by atoms with Gasteiger partial charge in [-0.1, -0.05) is 0 Å². The van der Waals surface area contributed by atoms with Crippen molar-refractivity contribution in [3.05, 3.63) is 45.6 Å². The van der Waals surface area contributed by atoms with Crippen LogP contribution in [0.2, 0.25) is 0 Å². The van der Waals surface area contributed by atoms with Gasteiger partial charge in [-0.15, -0.1) is 0 Å². The quantitative estimate of drug-likeness (QED) is 0.136. The first-order valence-electron chi connectivity index (χ1n) is 13.4. The maximum Gasteiger partial charge on any atom is 0.203 e. The van der Waals surface area contributed by atoms with E-state index in [2.05, 4.69) is 0 Å². The van der Waals surface area contributed by atoms with Crippen molar-refractivity contribution in [3.8, 4) is 34.3 Å². The molecule has 11 N–H and O–H groups in total. The van der Waals surface area contributed by atoms with Crippen LogP contribution >= 0.6 is 0 Å². The van der Waals surface area contributed by atoms with E-state index in [1.54, 1.807) is 0 Å². The van der Waals surface area contributed by atoms with Crippen LogP contribution in [0.25, 0.3) is 22.3 Å². The molecule has 3 heterocycles. The molecule has 2 aliphatic heterocycles. The highest BCUT2D eigenvalue weighted by atomic mass is 16.6. The zero-order chi connectivity index (χ0) is 32.2. The third-order valence-corrected chi connectivity index (χ3v) is 7.99. The number of aliphatic hydroxyl groups is 8. The van der Waals surface area contributed by atoms with Gasteiger partial charge in [0.25, 0.3) is 0 Å². The lowest BCUT2D eigenvalue weighted by molar-refractivity contribution is -0.232. The van der Waals surface area contributed by atoms with Crippen molar-refractivity contribution in [2.24, 2.45) is 0 Å². The van der Waals surface area contributed by atoms with Crippen molar-refractivity contribution < 1.29 is 74.8 Å². The average Bonchev–Trinajstić information content (AvgIpc) is 2.99. The highest BCUT2D eigenvalue weighted by Gasteiger charge is 2.48. The lowest BCUT2D eigenvalue weighted by Gasteiger charge is -2.41. The molecule has 44 heavy (non-hydrogen) atoms. The fraction of sp³-hybridized carbons (Fsp3) is 0.464. The summed E-state index contributed by atoms with van der Waals surface area (Å²) in [5.41, 5.74) is -2.79. The predicted molar refractivity (Wildman–Crippen MR) is 145 cm³/mol. The Bertz CT molecular complexity index is 1580. The van der Waals surface area contributed by atoms with E-state index >= 15 is 0 Å². The van der Waals surface area contributed by atoms with Crippen LogP contribution < -0.4 is 10.2 Å². The topological polar surface area (TPSA) is 280 Å². The molecule has 0 unspecified atom stereocenters. The smallest absolute Gasteiger partial charge is 0.203 e. The van der Waals surface area contributed by atoms with Crippen LogP contribution in [0, 0.1) is 0 Å². The molecule has 240 valence electrons. The van der Waals surface area contributed by atoms with E-state index < -0.39 is 125 Å². The second-order valence-electron chi connectivity index (χ2n) is 10.6. The molecular weight excluding hydrogens is 592 g/mol. The van der Waals surface area contributed by atoms with E-state index in [1.807, 2.05) is 0 Å². The number of aromatic hydroxyl groups is 3. The van der Waals surface area contributed by atoms with Gasteiger partial charge in [0.05, 0.1) is 31.5 Å². The molecule has 10 atom stereocenters. The first-order chi connectivity index (χ1) is 20.9. The van der Waals surface area contributed by atoms with Crippen molar-refractivity contribution in [1.29, 1.82) is 0 Å². The first-order valence-corrected chi connectivity index (χ1v) is 13.4. The number of hydrogen-bond donors (Lipinski definition) is 11. The monoisotopic (exact) mass is 624 g/mol. The van der Waals surface area contributed by atoms with Gasteiger partial charge in [0, 0.05) is 11.6 Å². The standard InChI is InChI=1S/C28H32O16/c1-41-12-3-2-8(4-9(12)31)25-17(28-24(40)22(38)19(35)14(7-30)43-28)20(36)15-10(32)5-11(33)16(26(15)44-25)27-23(39)21(37)18(34)13(6-29)42-27/h2-5,13-14,18-19,21-24,27-35,37-40H,6-7H2,1H3/t13-,14+,18+,19+,21-,22-,23+,24+,27-,28-/m0/s1. The number of fused-ring (bicyclic) bond motifs is 1. The van der Waals surface area contributed by atoms with E-state index in [9.17, 15) is 61.0 Å².